The van der Waals surface area contributed by atoms with Gasteiger partial charge in [0, 0.05) is 6.42 Å². The lowest BCUT2D eigenvalue weighted by Crippen LogP contribution is -2.37. The summed E-state index contributed by atoms with van der Waals surface area (Å²) in [5, 5.41) is 0. The molecule has 0 saturated carbocycles. The number of amides is 2. The number of carbonyl (C=O) groups is 2. The van der Waals surface area contributed by atoms with Gasteiger partial charge in [-0.1, -0.05) is 42.5 Å². The summed E-state index contributed by atoms with van der Waals surface area (Å²) in [5.74, 6) is -0.360. The van der Waals surface area contributed by atoms with E-state index >= 15 is 0 Å². The van der Waals surface area contributed by atoms with Gasteiger partial charge in [0.25, 0.3) is 17.8 Å². The van der Waals surface area contributed by atoms with E-state index in [1.807, 2.05) is 30.3 Å². The van der Waals surface area contributed by atoms with E-state index in [0.29, 0.717) is 29.2 Å². The molecule has 0 atom stereocenters. The molecule has 1 heterocycles. The molecule has 7 heteroatoms. The van der Waals surface area contributed by atoms with Crippen molar-refractivity contribution in [3.63, 3.8) is 0 Å². The van der Waals surface area contributed by atoms with Crippen molar-refractivity contribution in [2.24, 2.45) is 0 Å². The Bertz CT molecular complexity index is 935. The average Bonchev–Trinajstić information content (AvgIpc) is 2.89. The number of hydrogen-bond acceptors (Lipinski definition) is 4. The second-order valence-electron chi connectivity index (χ2n) is 9.32. The van der Waals surface area contributed by atoms with Gasteiger partial charge in [-0.25, -0.2) is 4.90 Å². The minimum atomic E-state index is -2.08. The van der Waals surface area contributed by atoms with Crippen LogP contribution in [0.5, 0.6) is 0 Å². The molecule has 0 bridgehead atoms. The van der Waals surface area contributed by atoms with E-state index in [-0.39, 0.29) is 11.8 Å². The van der Waals surface area contributed by atoms with Crippen LogP contribution in [0.15, 0.2) is 66.2 Å². The summed E-state index contributed by atoms with van der Waals surface area (Å²) in [6.45, 7) is 12.4. The first-order valence-corrected chi connectivity index (χ1v) is 16.9. The monoisotopic (exact) mass is 439 g/mol. The Balaban J connectivity index is 2.17. The summed E-state index contributed by atoms with van der Waals surface area (Å²) in [5.41, 5.74) is 2.26. The van der Waals surface area contributed by atoms with Gasteiger partial charge in [-0.2, -0.15) is 0 Å². The lowest BCUT2D eigenvalue weighted by Gasteiger charge is -2.31. The van der Waals surface area contributed by atoms with Crippen LogP contribution in [0.3, 0.4) is 0 Å². The third kappa shape index (κ3) is 5.09. The topological polar surface area (TPSA) is 55.8 Å². The first-order chi connectivity index (χ1) is 14.0. The van der Waals surface area contributed by atoms with Crippen molar-refractivity contribution < 1.29 is 18.4 Å². The smallest absolute Gasteiger partial charge is 0.272 e. The number of benzene rings is 2. The predicted octanol–water partition coefficient (Wildman–Crippen LogP) is 5.40. The third-order valence-electron chi connectivity index (χ3n) is 4.31. The number of nitrogens with zero attached hydrogens (tertiary/aromatic N) is 1. The van der Waals surface area contributed by atoms with E-state index in [2.05, 4.69) is 39.3 Å². The Morgan fingerprint density at radius 1 is 0.733 bits per heavy atom. The number of rotatable bonds is 7. The molecule has 2 aromatic carbocycles. The molecule has 0 aliphatic carbocycles. The molecule has 158 valence electrons. The van der Waals surface area contributed by atoms with Crippen molar-refractivity contribution in [3.8, 4) is 0 Å². The first-order valence-electron chi connectivity index (χ1n) is 10.1. The number of allylic oxidation sites excluding steroid dienone is 1. The predicted molar refractivity (Wildman–Crippen MR) is 123 cm³/mol. The van der Waals surface area contributed by atoms with Gasteiger partial charge >= 0.3 is 0 Å². The summed E-state index contributed by atoms with van der Waals surface area (Å²) in [6, 6.07) is 16.7. The molecule has 30 heavy (non-hydrogen) atoms. The van der Waals surface area contributed by atoms with Crippen LogP contribution in [0.2, 0.25) is 39.3 Å². The van der Waals surface area contributed by atoms with Crippen LogP contribution in [0.25, 0.3) is 0 Å². The van der Waals surface area contributed by atoms with Gasteiger partial charge in [0.05, 0.1) is 11.1 Å². The van der Waals surface area contributed by atoms with Gasteiger partial charge in [-0.3, -0.25) is 9.59 Å². The molecule has 0 aromatic heterocycles. The largest absolute Gasteiger partial charge is 0.519 e. The quantitative estimate of drug-likeness (QED) is 0.329. The molecule has 2 aromatic rings. The second kappa shape index (κ2) is 8.24. The number of carbonyl (C=O) groups excluding carboxylic acids is 2. The molecule has 2 amide bonds. The molecule has 5 nitrogen and oxygen atoms in total. The SMILES string of the molecule is C[Si](C)(C)OC(O[Si](C)(C)C)=C(Cc1ccccc1)N1C(=O)c2ccccc2C1=O. The van der Waals surface area contributed by atoms with E-state index in [9.17, 15) is 9.59 Å². The molecule has 3 rings (SSSR count). The highest BCUT2D eigenvalue weighted by molar-refractivity contribution is 6.71. The van der Waals surface area contributed by atoms with Crippen LogP contribution in [0.4, 0.5) is 0 Å². The molecular weight excluding hydrogens is 410 g/mol. The normalized spacial score (nSPS) is 13.9. The highest BCUT2D eigenvalue weighted by atomic mass is 28.4. The van der Waals surface area contributed by atoms with Gasteiger partial charge in [0.15, 0.2) is 0 Å². The summed E-state index contributed by atoms with van der Waals surface area (Å²) in [7, 11) is -4.17. The molecule has 0 fully saturated rings. The average molecular weight is 440 g/mol. The van der Waals surface area contributed by atoms with Gasteiger partial charge < -0.3 is 8.85 Å². The summed E-state index contributed by atoms with van der Waals surface area (Å²) >= 11 is 0. The standard InChI is InChI=1S/C23H29NO4Si2/c1-29(2,3)27-23(28-30(4,5)6)20(16-17-12-8-7-9-13-17)24-21(25)18-14-10-11-15-19(18)22(24)26/h7-15H,16H2,1-6H3. The molecular formula is C23H29NO4Si2. The van der Waals surface area contributed by atoms with Crippen LogP contribution in [-0.2, 0) is 15.3 Å². The number of fused-ring (bicyclic) bond motifs is 1. The van der Waals surface area contributed by atoms with E-state index in [0.717, 1.165) is 5.56 Å². The Morgan fingerprint density at radius 3 is 1.60 bits per heavy atom. The number of hydrogen-bond donors (Lipinski definition) is 0. The fraction of sp³-hybridized carbons (Fsp3) is 0.304. The Labute approximate surface area is 180 Å². The molecule has 0 radical (unpaired) electrons. The van der Waals surface area contributed by atoms with E-state index in [1.165, 1.54) is 4.90 Å². The van der Waals surface area contributed by atoms with Crippen LogP contribution in [-0.4, -0.2) is 33.3 Å². The minimum absolute atomic E-state index is 0.312. The molecule has 0 spiro atoms. The summed E-state index contributed by atoms with van der Waals surface area (Å²) < 4.78 is 12.7. The van der Waals surface area contributed by atoms with E-state index < -0.39 is 16.6 Å². The summed E-state index contributed by atoms with van der Waals surface area (Å²) in [6.07, 6.45) is 0.358. The molecule has 0 N–H and O–H groups in total. The molecule has 0 saturated heterocycles. The van der Waals surface area contributed by atoms with E-state index in [4.69, 9.17) is 8.85 Å². The van der Waals surface area contributed by atoms with Gasteiger partial charge in [0.2, 0.25) is 16.6 Å². The lowest BCUT2D eigenvalue weighted by molar-refractivity contribution is 0.0674. The Morgan fingerprint density at radius 2 is 1.17 bits per heavy atom. The van der Waals surface area contributed by atoms with E-state index in [1.54, 1.807) is 24.3 Å². The van der Waals surface area contributed by atoms with Crippen LogP contribution < -0.4 is 0 Å². The lowest BCUT2D eigenvalue weighted by atomic mass is 10.1. The van der Waals surface area contributed by atoms with Crippen molar-refractivity contribution >= 4 is 28.4 Å². The van der Waals surface area contributed by atoms with Gasteiger partial charge in [-0.05, 0) is 57.0 Å². The number of imide groups is 1. The van der Waals surface area contributed by atoms with Gasteiger partial charge in [0.1, 0.15) is 5.70 Å². The fourth-order valence-corrected chi connectivity index (χ4v) is 4.68. The van der Waals surface area contributed by atoms with Crippen molar-refractivity contribution in [2.75, 3.05) is 0 Å². The first kappa shape index (κ1) is 22.0. The van der Waals surface area contributed by atoms with Crippen molar-refractivity contribution in [1.29, 1.82) is 0 Å². The summed E-state index contributed by atoms with van der Waals surface area (Å²) in [4.78, 5) is 27.8. The Kier molecular flexibility index (Phi) is 6.05. The highest BCUT2D eigenvalue weighted by Crippen LogP contribution is 2.32. The maximum atomic E-state index is 13.3. The fourth-order valence-electron chi connectivity index (χ4n) is 3.16. The molecule has 1 aliphatic rings. The van der Waals surface area contributed by atoms with Crippen LogP contribution in [0, 0.1) is 0 Å². The third-order valence-corrected chi connectivity index (χ3v) is 5.91. The van der Waals surface area contributed by atoms with Crippen LogP contribution in [0.1, 0.15) is 26.3 Å². The van der Waals surface area contributed by atoms with Crippen molar-refractivity contribution in [1.82, 2.24) is 4.90 Å². The van der Waals surface area contributed by atoms with Crippen LogP contribution >= 0.6 is 0 Å². The highest BCUT2D eigenvalue weighted by Gasteiger charge is 2.41. The maximum absolute atomic E-state index is 13.3. The van der Waals surface area contributed by atoms with Crippen molar-refractivity contribution in [2.45, 2.75) is 45.7 Å². The molecule has 1 aliphatic heterocycles. The second-order valence-corrected chi connectivity index (χ2v) is 18.2. The minimum Gasteiger partial charge on any atom is -0.519 e. The Hall–Kier alpha value is -2.65. The maximum Gasteiger partial charge on any atom is 0.272 e. The molecule has 0 unspecified atom stereocenters. The zero-order chi connectivity index (χ0) is 22.1. The zero-order valence-corrected chi connectivity index (χ0v) is 20.5. The van der Waals surface area contributed by atoms with Crippen molar-refractivity contribution in [3.05, 3.63) is 82.9 Å². The van der Waals surface area contributed by atoms with Gasteiger partial charge in [-0.15, -0.1) is 0 Å². The zero-order valence-electron chi connectivity index (χ0n) is 18.5.